The van der Waals surface area contributed by atoms with E-state index in [1.165, 1.54) is 24.3 Å². The largest absolute Gasteiger partial charge is 0.484 e. The maximum atomic E-state index is 12.2. The summed E-state index contributed by atoms with van der Waals surface area (Å²) in [6.45, 7) is 5.46. The summed E-state index contributed by atoms with van der Waals surface area (Å²) in [5.41, 5.74) is 0.986. The summed E-state index contributed by atoms with van der Waals surface area (Å²) in [4.78, 5) is 12.3. The average Bonchev–Trinajstić information content (AvgIpc) is 2.66. The lowest BCUT2D eigenvalue weighted by Gasteiger charge is -2.15. The van der Waals surface area contributed by atoms with Crippen molar-refractivity contribution in [3.05, 3.63) is 58.6 Å². The molecule has 0 saturated heterocycles. The molecule has 2 rings (SSSR count). The van der Waals surface area contributed by atoms with Crippen LogP contribution in [0.3, 0.4) is 0 Å². The molecule has 0 aliphatic rings. The summed E-state index contributed by atoms with van der Waals surface area (Å²) in [6.07, 6.45) is 0.703. The number of benzene rings is 2. The highest BCUT2D eigenvalue weighted by atomic mass is 79.9. The normalized spacial score (nSPS) is 13.6. The second-order valence-corrected chi connectivity index (χ2v) is 9.16. The molecule has 6 nitrogen and oxygen atoms in total. The van der Waals surface area contributed by atoms with Crippen LogP contribution in [0.5, 0.6) is 5.75 Å². The molecule has 0 aliphatic heterocycles. The molecule has 2 atom stereocenters. The monoisotopic (exact) mass is 468 g/mol. The fourth-order valence-corrected chi connectivity index (χ4v) is 3.99. The van der Waals surface area contributed by atoms with Crippen molar-refractivity contribution in [3.8, 4) is 5.75 Å². The molecular formula is C20H25BrN2O4S. The van der Waals surface area contributed by atoms with E-state index in [1.54, 1.807) is 0 Å². The van der Waals surface area contributed by atoms with Crippen LogP contribution in [-0.2, 0) is 14.8 Å². The van der Waals surface area contributed by atoms with Gasteiger partial charge in [0.1, 0.15) is 5.75 Å². The summed E-state index contributed by atoms with van der Waals surface area (Å²) in [7, 11) is -3.56. The van der Waals surface area contributed by atoms with Crippen LogP contribution < -0.4 is 14.8 Å². The number of amides is 1. The second-order valence-electron chi connectivity index (χ2n) is 6.53. The second kappa shape index (κ2) is 10.0. The number of rotatable bonds is 9. The van der Waals surface area contributed by atoms with Gasteiger partial charge in [-0.3, -0.25) is 4.79 Å². The van der Waals surface area contributed by atoms with Crippen LogP contribution >= 0.6 is 15.9 Å². The van der Waals surface area contributed by atoms with E-state index >= 15 is 0 Å². The lowest BCUT2D eigenvalue weighted by Crippen LogP contribution is -2.32. The van der Waals surface area contributed by atoms with Crippen molar-refractivity contribution in [2.45, 2.75) is 44.2 Å². The van der Waals surface area contributed by atoms with E-state index in [4.69, 9.17) is 4.74 Å². The molecule has 0 fully saturated rings. The topological polar surface area (TPSA) is 84.5 Å². The third kappa shape index (κ3) is 6.61. The first-order valence-corrected chi connectivity index (χ1v) is 11.3. The summed E-state index contributed by atoms with van der Waals surface area (Å²) < 4.78 is 33.5. The Balaban J connectivity index is 1.88. The van der Waals surface area contributed by atoms with Crippen molar-refractivity contribution >= 4 is 31.9 Å². The van der Waals surface area contributed by atoms with Crippen molar-refractivity contribution in [1.82, 2.24) is 10.0 Å². The third-order valence-electron chi connectivity index (χ3n) is 4.22. The van der Waals surface area contributed by atoms with Crippen LogP contribution in [0.1, 0.15) is 38.8 Å². The van der Waals surface area contributed by atoms with Crippen molar-refractivity contribution in [2.75, 3.05) is 6.61 Å². The fourth-order valence-electron chi connectivity index (χ4n) is 2.40. The van der Waals surface area contributed by atoms with Crippen molar-refractivity contribution < 1.29 is 17.9 Å². The Morgan fingerprint density at radius 1 is 1.07 bits per heavy atom. The van der Waals surface area contributed by atoms with Crippen LogP contribution in [0.15, 0.2) is 57.9 Å². The molecular weight excluding hydrogens is 444 g/mol. The van der Waals surface area contributed by atoms with Crippen LogP contribution in [0, 0.1) is 0 Å². The predicted octanol–water partition coefficient (Wildman–Crippen LogP) is 3.78. The molecule has 1 amide bonds. The molecule has 0 aliphatic carbocycles. The highest BCUT2D eigenvalue weighted by molar-refractivity contribution is 9.10. The quantitative estimate of drug-likeness (QED) is 0.586. The van der Waals surface area contributed by atoms with E-state index in [0.29, 0.717) is 12.2 Å². The molecule has 0 radical (unpaired) electrons. The zero-order valence-corrected chi connectivity index (χ0v) is 18.5. The third-order valence-corrected chi connectivity index (χ3v) is 6.35. The Kier molecular flexibility index (Phi) is 8.03. The molecule has 0 saturated carbocycles. The van der Waals surface area contributed by atoms with Crippen molar-refractivity contribution in [3.63, 3.8) is 0 Å². The maximum Gasteiger partial charge on any atom is 0.258 e. The van der Waals surface area contributed by atoms with Gasteiger partial charge in [-0.1, -0.05) is 35.0 Å². The Morgan fingerprint density at radius 2 is 1.68 bits per heavy atom. The number of carbonyl (C=O) groups excluding carboxylic acids is 1. The first-order valence-electron chi connectivity index (χ1n) is 9.01. The van der Waals surface area contributed by atoms with Crippen molar-refractivity contribution in [1.29, 1.82) is 0 Å². The minimum Gasteiger partial charge on any atom is -0.484 e. The summed E-state index contributed by atoms with van der Waals surface area (Å²) in [5, 5.41) is 2.86. The molecule has 0 heterocycles. The van der Waals surface area contributed by atoms with Gasteiger partial charge in [-0.2, -0.15) is 0 Å². The molecule has 152 valence electrons. The Bertz CT molecular complexity index is 883. The van der Waals surface area contributed by atoms with Gasteiger partial charge in [0.05, 0.1) is 10.9 Å². The number of carbonyl (C=O) groups is 1. The van der Waals surface area contributed by atoms with E-state index in [9.17, 15) is 13.2 Å². The highest BCUT2D eigenvalue weighted by Gasteiger charge is 2.16. The van der Waals surface area contributed by atoms with Gasteiger partial charge >= 0.3 is 0 Å². The highest BCUT2D eigenvalue weighted by Crippen LogP contribution is 2.18. The minimum absolute atomic E-state index is 0.141. The fraction of sp³-hybridized carbons (Fsp3) is 0.350. The standard InChI is InChI=1S/C20H25BrN2O4S/c1-4-14(2)23-28(25,26)19-11-9-18(10-12-19)27-13-20(24)22-15(3)16-5-7-17(21)8-6-16/h5-12,14-15,23H,4,13H2,1-3H3,(H,22,24)/t14-,15-/m1/s1. The Hall–Kier alpha value is -1.90. The number of hydrogen-bond acceptors (Lipinski definition) is 4. The van der Waals surface area contributed by atoms with E-state index in [2.05, 4.69) is 26.0 Å². The lowest BCUT2D eigenvalue weighted by atomic mass is 10.1. The van der Waals surface area contributed by atoms with E-state index in [-0.39, 0.29) is 29.5 Å². The summed E-state index contributed by atoms with van der Waals surface area (Å²) in [6, 6.07) is 13.4. The molecule has 28 heavy (non-hydrogen) atoms. The first kappa shape index (κ1) is 22.4. The van der Waals surface area contributed by atoms with Crippen LogP contribution in [0.2, 0.25) is 0 Å². The number of halogens is 1. The van der Waals surface area contributed by atoms with Crippen LogP contribution in [0.4, 0.5) is 0 Å². The van der Waals surface area contributed by atoms with Gasteiger partial charge in [0.2, 0.25) is 10.0 Å². The summed E-state index contributed by atoms with van der Waals surface area (Å²) in [5.74, 6) is 0.166. The van der Waals surface area contributed by atoms with Gasteiger partial charge in [0, 0.05) is 10.5 Å². The zero-order chi connectivity index (χ0) is 20.7. The van der Waals surface area contributed by atoms with Crippen LogP contribution in [-0.4, -0.2) is 27.0 Å². The molecule has 2 aromatic rings. The lowest BCUT2D eigenvalue weighted by molar-refractivity contribution is -0.123. The SMILES string of the molecule is CC[C@@H](C)NS(=O)(=O)c1ccc(OCC(=O)N[C@H](C)c2ccc(Br)cc2)cc1. The van der Waals surface area contributed by atoms with Gasteiger partial charge in [-0.05, 0) is 62.2 Å². The average molecular weight is 469 g/mol. The van der Waals surface area contributed by atoms with Gasteiger partial charge < -0.3 is 10.1 Å². The molecule has 2 aromatic carbocycles. The van der Waals surface area contributed by atoms with Gasteiger partial charge in [0.15, 0.2) is 6.61 Å². The first-order chi connectivity index (χ1) is 13.2. The van der Waals surface area contributed by atoms with Crippen molar-refractivity contribution in [2.24, 2.45) is 0 Å². The van der Waals surface area contributed by atoms with Gasteiger partial charge in [-0.15, -0.1) is 0 Å². The summed E-state index contributed by atoms with van der Waals surface area (Å²) >= 11 is 3.38. The maximum absolute atomic E-state index is 12.2. The number of hydrogen-bond donors (Lipinski definition) is 2. The molecule has 0 unspecified atom stereocenters. The minimum atomic E-state index is -3.56. The number of nitrogens with one attached hydrogen (secondary N) is 2. The molecule has 8 heteroatoms. The van der Waals surface area contributed by atoms with Gasteiger partial charge in [-0.25, -0.2) is 13.1 Å². The molecule has 0 bridgehead atoms. The molecule has 2 N–H and O–H groups in total. The molecule has 0 spiro atoms. The zero-order valence-electron chi connectivity index (χ0n) is 16.1. The van der Waals surface area contributed by atoms with Gasteiger partial charge in [0.25, 0.3) is 5.91 Å². The smallest absolute Gasteiger partial charge is 0.258 e. The Labute approximate surface area is 174 Å². The predicted molar refractivity (Wildman–Crippen MR) is 113 cm³/mol. The number of ether oxygens (including phenoxy) is 1. The Morgan fingerprint density at radius 3 is 2.25 bits per heavy atom. The number of sulfonamides is 1. The van der Waals surface area contributed by atoms with Crippen LogP contribution in [0.25, 0.3) is 0 Å². The molecule has 0 aromatic heterocycles. The van der Waals surface area contributed by atoms with E-state index in [0.717, 1.165) is 10.0 Å². The van der Waals surface area contributed by atoms with E-state index < -0.39 is 10.0 Å². The van der Waals surface area contributed by atoms with E-state index in [1.807, 2.05) is 45.0 Å².